The topological polar surface area (TPSA) is 477 Å². The number of aliphatic hydroxyl groups is 3. The van der Waals surface area contributed by atoms with Crippen molar-refractivity contribution < 1.29 is 136 Å². The quantitative estimate of drug-likeness (QED) is 0.00491. The third-order valence-electron chi connectivity index (χ3n) is 26.1. The Morgan fingerprint density at radius 1 is 0.384 bits per heavy atom. The summed E-state index contributed by atoms with van der Waals surface area (Å²) in [5.41, 5.74) is 25.8. The molecular formula is C112H113N8NaO22P2Si. The largest absolute Gasteiger partial charge is 1.00 e. The fourth-order valence-electron chi connectivity index (χ4n) is 19.7. The summed E-state index contributed by atoms with van der Waals surface area (Å²) in [6.45, 7) is 17.1. The SMILES string of the molecule is C=CCOC(=O)C(N1C(=O)[C@H]([C@@H](C)O)[C@H]1CC(=O)c1ccc(C(N)=O)cc1)=P(c1ccccc1)(c1ccccc1)c1ccccc1.C=CCOC(=O)C(N1C(=O)[C@H]([C@@H](C)O[Si](C)(C)C)[C@H]1CC(=O)c1ccc(C(N)=O)cc1)=P(c1ccccc1)(c1ccccc1)c1ccccc1.C=CCOC(=O)C1=C(c2ccc(C(N)=O)cc2)C[C@@H]2[C@@H]([C@@H](C)O)C(=O)N12.C[C@@H](O)[C@H]1C(=O)N2C(C(=O)[O-])=C(c3ccc(C(N)=O)cc3)C[C@H]12.[Na+]. The van der Waals surface area contributed by atoms with E-state index in [0.717, 1.165) is 31.8 Å². The van der Waals surface area contributed by atoms with E-state index >= 15 is 0 Å². The Hall–Kier alpha value is -14.5. The molecule has 748 valence electrons. The van der Waals surface area contributed by atoms with Crippen molar-refractivity contribution in [2.75, 3.05) is 19.8 Å². The maximum Gasteiger partial charge on any atom is 1.00 e. The second kappa shape index (κ2) is 48.0. The number of hydrogen-bond donors (Lipinski definition) is 7. The van der Waals surface area contributed by atoms with Gasteiger partial charge in [0, 0.05) is 60.0 Å². The van der Waals surface area contributed by atoms with Crippen LogP contribution >= 0.6 is 13.8 Å². The molecule has 146 heavy (non-hydrogen) atoms. The molecule has 16 rings (SSSR count). The Morgan fingerprint density at radius 3 is 0.918 bits per heavy atom. The molecule has 0 spiro atoms. The molecule has 10 aromatic rings. The summed E-state index contributed by atoms with van der Waals surface area (Å²) >= 11 is 0. The number of Topliss-reactive ketones (excluding diaryl/α,β-unsaturated/α-hetero) is 2. The monoisotopic (exact) mass is 2030 g/mol. The number of amides is 8. The van der Waals surface area contributed by atoms with Gasteiger partial charge in [-0.05, 0) is 163 Å². The molecule has 0 radical (unpaired) electrons. The van der Waals surface area contributed by atoms with Crippen LogP contribution in [0, 0.1) is 23.7 Å². The number of fused-ring (bicyclic) bond motifs is 2. The molecule has 4 saturated heterocycles. The van der Waals surface area contributed by atoms with E-state index in [4.69, 9.17) is 41.6 Å². The first-order valence-electron chi connectivity index (χ1n) is 46.9. The Labute approximate surface area is 868 Å². The predicted molar refractivity (Wildman–Crippen MR) is 555 cm³/mol. The van der Waals surface area contributed by atoms with E-state index in [1.54, 1.807) is 55.5 Å². The van der Waals surface area contributed by atoms with Crippen LogP contribution in [0.4, 0.5) is 0 Å². The van der Waals surface area contributed by atoms with Crippen LogP contribution in [0.3, 0.4) is 0 Å². The molecule has 4 fully saturated rings. The Balaban J connectivity index is 0.000000181. The summed E-state index contributed by atoms with van der Waals surface area (Å²) < 4.78 is 23.2. The first-order chi connectivity index (χ1) is 69.3. The molecule has 6 aliphatic heterocycles. The van der Waals surface area contributed by atoms with Crippen LogP contribution in [0.5, 0.6) is 0 Å². The van der Waals surface area contributed by atoms with E-state index in [1.165, 1.54) is 100 Å². The number of carbonyl (C=O) groups excluding carboxylic acids is 14. The second-order valence-electron chi connectivity index (χ2n) is 36.4. The Kier molecular flexibility index (Phi) is 36.3. The average Bonchev–Trinajstić information content (AvgIpc) is 1.06. The number of rotatable bonds is 36. The smallest absolute Gasteiger partial charge is 0.543 e. The van der Waals surface area contributed by atoms with Gasteiger partial charge in [0.1, 0.15) is 36.4 Å². The molecule has 6 heterocycles. The number of aliphatic carboxylic acids is 1. The maximum atomic E-state index is 14.8. The molecular weight excluding hydrogens is 1920 g/mol. The maximum absolute atomic E-state index is 14.8. The van der Waals surface area contributed by atoms with E-state index in [2.05, 4.69) is 19.7 Å². The summed E-state index contributed by atoms with van der Waals surface area (Å²) in [5, 5.41) is 46.8. The number of primary amides is 4. The second-order valence-corrected chi connectivity index (χ2v) is 47.5. The number of hydrogen-bond acceptors (Lipinski definition) is 22. The zero-order valence-corrected chi connectivity index (χ0v) is 86.7. The van der Waals surface area contributed by atoms with E-state index in [-0.39, 0.29) is 131 Å². The van der Waals surface area contributed by atoms with Crippen molar-refractivity contribution in [3.63, 3.8) is 0 Å². The van der Waals surface area contributed by atoms with E-state index in [9.17, 15) is 87.5 Å². The molecule has 34 heteroatoms. The van der Waals surface area contributed by atoms with E-state index in [0.29, 0.717) is 57.4 Å². The average molecular weight is 2040 g/mol. The van der Waals surface area contributed by atoms with Crippen molar-refractivity contribution in [1.29, 1.82) is 0 Å². The number of esters is 3. The third kappa shape index (κ3) is 22.8. The number of ketones is 2. The van der Waals surface area contributed by atoms with Gasteiger partial charge in [-0.1, -0.05) is 268 Å². The molecule has 0 saturated carbocycles. The molecule has 8 amide bonds. The zero-order valence-electron chi connectivity index (χ0n) is 81.9. The first kappa shape index (κ1) is 110. The van der Waals surface area contributed by atoms with Crippen molar-refractivity contribution in [2.45, 2.75) is 122 Å². The number of carboxylic acid groups (broad SMARTS) is 1. The fraction of sp³-hybridized carbons (Fsp3) is 0.232. The normalized spacial score (nSPS) is 18.7. The van der Waals surface area contributed by atoms with E-state index < -0.39 is 142 Å². The number of β-lactam (4-membered cyclic amide) rings is 4. The Bertz CT molecular complexity index is 6640. The van der Waals surface area contributed by atoms with Crippen LogP contribution in [0.25, 0.3) is 11.1 Å². The number of nitrogens with two attached hydrogens (primary N) is 4. The molecule has 30 nitrogen and oxygen atoms in total. The van der Waals surface area contributed by atoms with Crippen LogP contribution in [0.15, 0.2) is 328 Å². The number of ether oxygens (including phenoxy) is 3. The third-order valence-corrected chi connectivity index (χ3v) is 35.7. The first-order valence-corrected chi connectivity index (χ1v) is 53.9. The van der Waals surface area contributed by atoms with Gasteiger partial charge in [-0.25, -0.2) is 14.4 Å². The summed E-state index contributed by atoms with van der Waals surface area (Å²) in [6.07, 6.45) is 1.59. The number of carboxylic acids is 1. The minimum atomic E-state index is -3.18. The summed E-state index contributed by atoms with van der Waals surface area (Å²) in [5.74, 6) is -10.6. The summed E-state index contributed by atoms with van der Waals surface area (Å²) in [6, 6.07) is 80.2. The molecule has 11 N–H and O–H groups in total. The van der Waals surface area contributed by atoms with Gasteiger partial charge in [0.2, 0.25) is 47.3 Å². The van der Waals surface area contributed by atoms with Gasteiger partial charge >= 0.3 is 47.5 Å². The van der Waals surface area contributed by atoms with E-state index in [1.807, 2.05) is 209 Å². The zero-order chi connectivity index (χ0) is 105. The van der Waals surface area contributed by atoms with Crippen LogP contribution in [0.2, 0.25) is 19.6 Å². The number of carbonyl (C=O) groups is 14. The summed E-state index contributed by atoms with van der Waals surface area (Å²) in [4.78, 5) is 186. The van der Waals surface area contributed by atoms with Crippen LogP contribution in [0.1, 0.15) is 127 Å². The molecule has 12 atom stereocenters. The fourth-order valence-corrected chi connectivity index (χ4v) is 29.7. The minimum Gasteiger partial charge on any atom is -0.543 e. The van der Waals surface area contributed by atoms with Gasteiger partial charge in [0.15, 0.2) is 19.9 Å². The van der Waals surface area contributed by atoms with Crippen molar-refractivity contribution in [1.82, 2.24) is 19.6 Å². The standard InChI is InChI=1S/C40H43N2O6PSi.C37H35N2O6P.C19H20N2O5.C16H16N2O5.Na/c1-6-26-47-40(46)39(49(31-16-10-7-11-17-31,32-18-12-8-13-19-32)33-20-14-9-15-21-33)42-34(36(38(42)45)28(2)48-50(3,4)5)27-35(43)29-22-24-30(25-23-29)37(41)44;1-3-23-45-37(44)36(39-31(33(25(2)40)35(39)43)24-32(41)26-19-21-27(22-20-26)34(38)42)46(28-13-7-4-8-14-28,29-15-9-5-10-16-29)30-17-11-6-12-18-30;1-3-8-26-19(25)16-13(11-4-6-12(7-5-11)17(20)23)9-14-15(10(2)22)18(24)21(14)16;1-7(19)12-11-6-10(13(16(22)23)18(11)15(12)21)8-2-4-9(5-3-8)14(17)20;/h6-25,28,34,36H,1,26-27H2,2-5H3,(H2,41,44);3-22,25,31,33,40H,1,23-24H2,2H3,(H2,38,42);3-7,10,14-15,22H,1,8-9H2,2H3,(H2,20,23);2-5,7,11-12,19H,6H2,1H3,(H2,17,20)(H,22,23);/q;;;;+1/p-1/t28-,34-,36-;25-,31-,33-;10-,14-,15-;7-,11-,12-;/m1111./s1. The van der Waals surface area contributed by atoms with Gasteiger partial charge in [-0.2, -0.15) is 0 Å². The molecule has 0 aliphatic carbocycles. The predicted octanol–water partition coefficient (Wildman–Crippen LogP) is 5.40. The molecule has 0 unspecified atom stereocenters. The number of nitrogens with zero attached hydrogens (tertiary/aromatic N) is 4. The van der Waals surface area contributed by atoms with Gasteiger partial charge in [-0.3, -0.25) is 47.9 Å². The van der Waals surface area contributed by atoms with Gasteiger partial charge in [-0.15, -0.1) is 0 Å². The number of aliphatic hydroxyl groups excluding tert-OH is 3. The minimum absolute atomic E-state index is 0. The van der Waals surface area contributed by atoms with Crippen LogP contribution < -0.4 is 89.4 Å². The molecule has 6 aliphatic rings. The van der Waals surface area contributed by atoms with Crippen molar-refractivity contribution in [3.05, 3.63) is 373 Å². The van der Waals surface area contributed by atoms with Crippen LogP contribution in [-0.4, -0.2) is 205 Å². The molecule has 10 aromatic carbocycles. The van der Waals surface area contributed by atoms with Crippen molar-refractivity contribution in [3.8, 4) is 0 Å². The van der Waals surface area contributed by atoms with Gasteiger partial charge in [0.05, 0.1) is 83.9 Å². The number of benzene rings is 10. The summed E-state index contributed by atoms with van der Waals surface area (Å²) in [7, 11) is -2.13. The van der Waals surface area contributed by atoms with Crippen molar-refractivity contribution in [2.24, 2.45) is 46.6 Å². The van der Waals surface area contributed by atoms with Crippen molar-refractivity contribution >= 4 is 159 Å². The van der Waals surface area contributed by atoms with Gasteiger partial charge in [0.25, 0.3) is 0 Å². The molecule has 0 aromatic heterocycles. The van der Waals surface area contributed by atoms with Gasteiger partial charge < -0.3 is 86.4 Å². The number of likely N-dealkylation sites (tertiary alicyclic amines) is 2. The van der Waals surface area contributed by atoms with Crippen LogP contribution in [-0.2, 0) is 57.0 Å². The Morgan fingerprint density at radius 2 is 0.644 bits per heavy atom. The molecule has 0 bridgehead atoms.